The highest BCUT2D eigenvalue weighted by molar-refractivity contribution is 6.74. The van der Waals surface area contributed by atoms with Gasteiger partial charge in [-0.1, -0.05) is 93.6 Å². The smallest absolute Gasteiger partial charge is 0.351 e. The molecule has 0 unspecified atom stereocenters. The summed E-state index contributed by atoms with van der Waals surface area (Å²) in [5.74, 6) is 1.12. The maximum Gasteiger partial charge on any atom is 0.351 e. The van der Waals surface area contributed by atoms with Crippen molar-refractivity contribution in [2.24, 2.45) is 0 Å². The van der Waals surface area contributed by atoms with Crippen LogP contribution in [0.5, 0.6) is 11.5 Å². The number of carbonyl (C=O) groups excluding carboxylic acids is 1. The number of rotatable bonds is 13. The summed E-state index contributed by atoms with van der Waals surface area (Å²) >= 11 is 0. The van der Waals surface area contributed by atoms with E-state index >= 15 is 0 Å². The number of aromatic nitrogens is 2. The molecule has 0 radical (unpaired) electrons. The Kier molecular flexibility index (Phi) is 12.0. The number of nitrogens with zero attached hydrogens (tertiary/aromatic N) is 2. The highest BCUT2D eigenvalue weighted by atomic mass is 28.4. The van der Waals surface area contributed by atoms with Crippen molar-refractivity contribution in [2.45, 2.75) is 76.0 Å². The number of carbonyl (C=O) groups is 1. The first kappa shape index (κ1) is 40.5. The van der Waals surface area contributed by atoms with Crippen molar-refractivity contribution in [2.75, 3.05) is 26.1 Å². The molecule has 1 aliphatic rings. The van der Waals surface area contributed by atoms with Gasteiger partial charge in [-0.05, 0) is 78.1 Å². The largest absolute Gasteiger partial charge is 0.497 e. The summed E-state index contributed by atoms with van der Waals surface area (Å²) in [6, 6.07) is 33.9. The van der Waals surface area contributed by atoms with Crippen LogP contribution in [0.4, 0.5) is 5.82 Å². The van der Waals surface area contributed by atoms with E-state index in [9.17, 15) is 14.7 Å². The Bertz CT molecular complexity index is 2110. The zero-order chi connectivity index (χ0) is 40.3. The second-order valence-electron chi connectivity index (χ2n) is 15.5. The Morgan fingerprint density at radius 1 is 0.839 bits per heavy atom. The molecule has 2 N–H and O–H groups in total. The number of methoxy groups -OCH3 is 2. The first-order valence-electron chi connectivity index (χ1n) is 18.6. The summed E-state index contributed by atoms with van der Waals surface area (Å²) in [5, 5.41) is 14.7. The third kappa shape index (κ3) is 8.21. The normalized spacial score (nSPS) is 18.7. The van der Waals surface area contributed by atoms with Crippen LogP contribution in [0, 0.1) is 6.92 Å². The summed E-state index contributed by atoms with van der Waals surface area (Å²) < 4.78 is 33.0. The molecule has 294 valence electrons. The van der Waals surface area contributed by atoms with Gasteiger partial charge in [0.05, 0.1) is 20.8 Å². The summed E-state index contributed by atoms with van der Waals surface area (Å²) in [6.45, 7) is 12.2. The molecule has 4 aromatic carbocycles. The van der Waals surface area contributed by atoms with Gasteiger partial charge in [0, 0.05) is 17.3 Å². The van der Waals surface area contributed by atoms with Gasteiger partial charge in [-0.25, -0.2) is 4.79 Å². The Balaban J connectivity index is 1.40. The van der Waals surface area contributed by atoms with Crippen LogP contribution in [0.1, 0.15) is 59.6 Å². The molecule has 5 aromatic rings. The Morgan fingerprint density at radius 3 is 1.88 bits per heavy atom. The number of hydrogen-bond donors (Lipinski definition) is 2. The van der Waals surface area contributed by atoms with E-state index < -0.39 is 50.1 Å². The lowest BCUT2D eigenvalue weighted by Crippen LogP contribution is -2.49. The molecule has 56 heavy (non-hydrogen) atoms. The van der Waals surface area contributed by atoms with Crippen molar-refractivity contribution in [3.05, 3.63) is 154 Å². The number of ether oxygens (including phenoxy) is 4. The molecule has 11 nitrogen and oxygen atoms in total. The van der Waals surface area contributed by atoms with Crippen molar-refractivity contribution in [1.29, 1.82) is 0 Å². The van der Waals surface area contributed by atoms with Crippen molar-refractivity contribution >= 4 is 20.0 Å². The van der Waals surface area contributed by atoms with E-state index in [1.807, 2.05) is 84.9 Å². The van der Waals surface area contributed by atoms with E-state index in [1.54, 1.807) is 51.6 Å². The summed E-state index contributed by atoms with van der Waals surface area (Å²) in [7, 11) is 0.687. The van der Waals surface area contributed by atoms with Crippen molar-refractivity contribution < 1.29 is 33.3 Å². The van der Waals surface area contributed by atoms with Crippen LogP contribution in [0.3, 0.4) is 0 Å². The predicted molar refractivity (Wildman–Crippen MR) is 218 cm³/mol. The highest BCUT2D eigenvalue weighted by Crippen LogP contribution is 2.45. The van der Waals surface area contributed by atoms with Gasteiger partial charge in [0.1, 0.15) is 41.2 Å². The topological polar surface area (TPSA) is 130 Å². The second kappa shape index (κ2) is 16.5. The monoisotopic (exact) mass is 777 g/mol. The number of hydrogen-bond acceptors (Lipinski definition) is 9. The number of anilines is 1. The molecule has 1 fully saturated rings. The number of aryl methyl sites for hydroxylation is 1. The van der Waals surface area contributed by atoms with Gasteiger partial charge in [-0.3, -0.25) is 9.36 Å². The first-order chi connectivity index (χ1) is 26.7. The Hall–Kier alpha value is -5.11. The van der Waals surface area contributed by atoms with Crippen LogP contribution in [0.15, 0.2) is 120 Å². The lowest BCUT2D eigenvalue weighted by Gasteiger charge is -2.40. The molecule has 2 heterocycles. The summed E-state index contributed by atoms with van der Waals surface area (Å²) in [6.07, 6.45) is -2.54. The van der Waals surface area contributed by atoms with Crippen LogP contribution in [-0.4, -0.2) is 68.0 Å². The van der Waals surface area contributed by atoms with Crippen LogP contribution >= 0.6 is 0 Å². The molecule has 1 aromatic heterocycles. The lowest BCUT2D eigenvalue weighted by molar-refractivity contribution is -0.0956. The van der Waals surface area contributed by atoms with Gasteiger partial charge in [-0.15, -0.1) is 0 Å². The predicted octanol–water partition coefficient (Wildman–Crippen LogP) is 7.48. The highest BCUT2D eigenvalue weighted by Gasteiger charge is 2.52. The van der Waals surface area contributed by atoms with Crippen molar-refractivity contribution in [3.8, 4) is 11.5 Å². The third-order valence-electron chi connectivity index (χ3n) is 10.9. The SMILES string of the molecule is COc1ccc(C(OC[C@H]2O[C@@H](n3cc(C)c(NC(=O)c4ccccc4)nc3=O)[C@H](O[Si](C)(C)C(C)(C)C)[C@@H]2O)(c2ccccc2)c2ccc(OC)cc2)cc1. The second-order valence-corrected chi connectivity index (χ2v) is 20.3. The number of aliphatic hydroxyl groups excluding tert-OH is 1. The molecular weight excluding hydrogens is 727 g/mol. The fourth-order valence-corrected chi connectivity index (χ4v) is 7.94. The first-order valence-corrected chi connectivity index (χ1v) is 21.6. The van der Waals surface area contributed by atoms with E-state index in [4.69, 9.17) is 23.4 Å². The number of benzene rings is 4. The minimum absolute atomic E-state index is 0.0889. The zero-order valence-electron chi connectivity index (χ0n) is 33.2. The molecule has 1 amide bonds. The minimum atomic E-state index is -2.55. The maximum absolute atomic E-state index is 13.8. The van der Waals surface area contributed by atoms with Gasteiger partial charge in [0.25, 0.3) is 5.91 Å². The number of nitrogens with one attached hydrogen (secondary N) is 1. The quantitative estimate of drug-likeness (QED) is 0.0924. The van der Waals surface area contributed by atoms with Gasteiger partial charge >= 0.3 is 5.69 Å². The molecule has 4 atom stereocenters. The Labute approximate surface area is 329 Å². The van der Waals surface area contributed by atoms with E-state index in [0.717, 1.165) is 16.7 Å². The van der Waals surface area contributed by atoms with Crippen molar-refractivity contribution in [3.63, 3.8) is 0 Å². The molecule has 0 bridgehead atoms. The number of amides is 1. The average molecular weight is 778 g/mol. The molecule has 0 saturated carbocycles. The fraction of sp³-hybridized carbons (Fsp3) is 0.341. The average Bonchev–Trinajstić information content (AvgIpc) is 3.50. The molecule has 1 aliphatic heterocycles. The molecular formula is C44H51N3O8Si. The van der Waals surface area contributed by atoms with Crippen molar-refractivity contribution in [1.82, 2.24) is 9.55 Å². The van der Waals surface area contributed by atoms with Gasteiger partial charge in [-0.2, -0.15) is 4.98 Å². The Morgan fingerprint density at radius 2 is 1.36 bits per heavy atom. The van der Waals surface area contributed by atoms with Gasteiger partial charge in [0.15, 0.2) is 14.5 Å². The number of aliphatic hydroxyl groups is 1. The van der Waals surface area contributed by atoms with Gasteiger partial charge in [0.2, 0.25) is 0 Å². The maximum atomic E-state index is 13.8. The molecule has 1 saturated heterocycles. The lowest BCUT2D eigenvalue weighted by atomic mass is 9.80. The summed E-state index contributed by atoms with van der Waals surface area (Å²) in [5.41, 5.74) is 1.59. The third-order valence-corrected chi connectivity index (χ3v) is 15.3. The van der Waals surface area contributed by atoms with Crippen LogP contribution in [0.25, 0.3) is 0 Å². The van der Waals surface area contributed by atoms with Crippen LogP contribution in [0.2, 0.25) is 18.1 Å². The molecule has 12 heteroatoms. The molecule has 0 spiro atoms. The van der Waals surface area contributed by atoms with E-state index in [0.29, 0.717) is 22.6 Å². The fourth-order valence-electron chi connectivity index (χ4n) is 6.65. The molecule has 6 rings (SSSR count). The van der Waals surface area contributed by atoms with Crippen LogP contribution < -0.4 is 20.5 Å². The standard InChI is InChI=1S/C44H51N3O8Si/c1-29-27-47(42(50)46-39(29)45-40(49)30-15-11-9-12-16-30)41-38(55-56(7,8)43(2,3)4)37(48)36(54-41)28-53-44(31-17-13-10-14-18-31,32-19-23-34(51-5)24-20-32)33-21-25-35(52-6)26-22-33/h9-27,36-38,41,48H,28H2,1-8H3,(H,45,46,49,50)/t36-,37-,38-,41-/m1/s1. The molecule has 0 aliphatic carbocycles. The minimum Gasteiger partial charge on any atom is -0.497 e. The van der Waals surface area contributed by atoms with E-state index in [2.05, 4.69) is 44.2 Å². The van der Waals surface area contributed by atoms with E-state index in [-0.39, 0.29) is 17.5 Å². The summed E-state index contributed by atoms with van der Waals surface area (Å²) in [4.78, 5) is 31.1. The van der Waals surface area contributed by atoms with Gasteiger partial charge < -0.3 is 33.8 Å². The van der Waals surface area contributed by atoms with E-state index in [1.165, 1.54) is 4.57 Å². The van der Waals surface area contributed by atoms with Crippen LogP contribution in [-0.2, 0) is 19.5 Å². The zero-order valence-corrected chi connectivity index (χ0v) is 34.2.